The molecule has 0 bridgehead atoms. The summed E-state index contributed by atoms with van der Waals surface area (Å²) in [5.74, 6) is 2.12. The summed E-state index contributed by atoms with van der Waals surface area (Å²) in [5.41, 5.74) is 2.21. The van der Waals surface area contributed by atoms with Gasteiger partial charge in [0.25, 0.3) is 5.91 Å². The molecule has 0 fully saturated rings. The number of fused-ring (bicyclic) bond motifs is 1. The number of carbonyl (C=O) groups excluding carboxylic acids is 1. The molecule has 142 valence electrons. The number of amides is 1. The van der Waals surface area contributed by atoms with Crippen molar-refractivity contribution < 1.29 is 14.3 Å². The Morgan fingerprint density at radius 3 is 2.82 bits per heavy atom. The fraction of sp³-hybridized carbons (Fsp3) is 0.238. The number of hydrogen-bond donors (Lipinski definition) is 1. The van der Waals surface area contributed by atoms with Crippen LogP contribution in [-0.4, -0.2) is 41.1 Å². The summed E-state index contributed by atoms with van der Waals surface area (Å²) in [6.07, 6.45) is 5.56. The first-order valence-corrected chi connectivity index (χ1v) is 9.04. The topological polar surface area (TPSA) is 86.2 Å². The van der Waals surface area contributed by atoms with E-state index in [1.54, 1.807) is 13.3 Å². The molecule has 0 unspecified atom stereocenters. The van der Waals surface area contributed by atoms with Gasteiger partial charge < -0.3 is 14.8 Å². The lowest BCUT2D eigenvalue weighted by Gasteiger charge is -2.25. The van der Waals surface area contributed by atoms with Crippen molar-refractivity contribution >= 4 is 5.91 Å². The maximum Gasteiger partial charge on any atom is 0.254 e. The highest BCUT2D eigenvalue weighted by molar-refractivity contribution is 5.93. The monoisotopic (exact) mass is 376 g/mol. The first kappa shape index (κ1) is 17.9. The Balaban J connectivity index is 1.34. The summed E-state index contributed by atoms with van der Waals surface area (Å²) in [5, 5.41) is 2.94. The van der Waals surface area contributed by atoms with E-state index in [9.17, 15) is 4.79 Å². The highest BCUT2D eigenvalue weighted by atomic mass is 16.5. The van der Waals surface area contributed by atoms with Crippen molar-refractivity contribution in [2.45, 2.75) is 6.42 Å². The van der Waals surface area contributed by atoms with Gasteiger partial charge in [-0.3, -0.25) is 9.78 Å². The SMILES string of the molecule is COc1ccc2c(c1)OC[C@@H](CNC(=O)c1cnc(-c3ccccn3)nc1)C2. The fourth-order valence-corrected chi connectivity index (χ4v) is 3.09. The number of benzene rings is 1. The third-order valence-corrected chi connectivity index (χ3v) is 4.62. The van der Waals surface area contributed by atoms with Gasteiger partial charge in [0, 0.05) is 37.1 Å². The smallest absolute Gasteiger partial charge is 0.254 e. The Kier molecular flexibility index (Phi) is 5.14. The third kappa shape index (κ3) is 3.93. The van der Waals surface area contributed by atoms with Crippen molar-refractivity contribution in [3.8, 4) is 23.0 Å². The standard InChI is InChI=1S/C21H20N4O3/c1-27-17-6-5-15-8-14(13-28-19(15)9-17)10-25-21(26)16-11-23-20(24-12-16)18-4-2-3-7-22-18/h2-7,9,11-12,14H,8,10,13H2,1H3,(H,25,26)/t14-/m1/s1. The van der Waals surface area contributed by atoms with Crippen LogP contribution in [0.3, 0.4) is 0 Å². The minimum Gasteiger partial charge on any atom is -0.497 e. The van der Waals surface area contributed by atoms with Crippen LogP contribution in [0.1, 0.15) is 15.9 Å². The van der Waals surface area contributed by atoms with Gasteiger partial charge in [-0.1, -0.05) is 12.1 Å². The molecule has 1 aliphatic rings. The average molecular weight is 376 g/mol. The number of ether oxygens (including phenoxy) is 2. The molecule has 1 aromatic carbocycles. The molecule has 28 heavy (non-hydrogen) atoms. The lowest BCUT2D eigenvalue weighted by Crippen LogP contribution is -2.34. The summed E-state index contributed by atoms with van der Waals surface area (Å²) >= 11 is 0. The van der Waals surface area contributed by atoms with Gasteiger partial charge in [0.1, 0.15) is 17.2 Å². The van der Waals surface area contributed by atoms with Crippen LogP contribution in [-0.2, 0) is 6.42 Å². The number of pyridine rings is 1. The van der Waals surface area contributed by atoms with Gasteiger partial charge in [-0.15, -0.1) is 0 Å². The molecule has 2 aromatic heterocycles. The number of aromatic nitrogens is 3. The Morgan fingerprint density at radius 2 is 2.07 bits per heavy atom. The first-order valence-electron chi connectivity index (χ1n) is 9.04. The second-order valence-electron chi connectivity index (χ2n) is 6.58. The predicted octanol–water partition coefficient (Wildman–Crippen LogP) is 2.53. The molecule has 1 amide bonds. The minimum atomic E-state index is -0.201. The second kappa shape index (κ2) is 8.04. The van der Waals surface area contributed by atoms with Crippen LogP contribution in [0.2, 0.25) is 0 Å². The van der Waals surface area contributed by atoms with Crippen LogP contribution in [0.15, 0.2) is 55.0 Å². The molecule has 1 N–H and O–H groups in total. The highest BCUT2D eigenvalue weighted by Gasteiger charge is 2.21. The van der Waals surface area contributed by atoms with Crippen LogP contribution in [0.25, 0.3) is 11.5 Å². The number of carbonyl (C=O) groups is 1. The Hall–Kier alpha value is -3.48. The van der Waals surface area contributed by atoms with Crippen LogP contribution >= 0.6 is 0 Å². The predicted molar refractivity (Wildman–Crippen MR) is 103 cm³/mol. The molecule has 1 aliphatic heterocycles. The summed E-state index contributed by atoms with van der Waals surface area (Å²) < 4.78 is 11.0. The first-order chi connectivity index (χ1) is 13.7. The molecule has 0 spiro atoms. The number of nitrogens with zero attached hydrogens (tertiary/aromatic N) is 3. The van der Waals surface area contributed by atoms with E-state index in [2.05, 4.69) is 20.3 Å². The zero-order valence-corrected chi connectivity index (χ0v) is 15.5. The van der Waals surface area contributed by atoms with Crippen molar-refractivity contribution in [1.29, 1.82) is 0 Å². The second-order valence-corrected chi connectivity index (χ2v) is 6.58. The van der Waals surface area contributed by atoms with Crippen molar-refractivity contribution in [1.82, 2.24) is 20.3 Å². The van der Waals surface area contributed by atoms with Crippen molar-refractivity contribution in [3.05, 3.63) is 66.1 Å². The van der Waals surface area contributed by atoms with Crippen LogP contribution in [0.5, 0.6) is 11.5 Å². The molecule has 0 saturated carbocycles. The largest absolute Gasteiger partial charge is 0.497 e. The maximum absolute atomic E-state index is 12.4. The summed E-state index contributed by atoms with van der Waals surface area (Å²) in [7, 11) is 1.63. The van der Waals surface area contributed by atoms with Crippen molar-refractivity contribution in [2.75, 3.05) is 20.3 Å². The Morgan fingerprint density at radius 1 is 1.21 bits per heavy atom. The lowest BCUT2D eigenvalue weighted by molar-refractivity contribution is 0.0938. The number of hydrogen-bond acceptors (Lipinski definition) is 6. The average Bonchev–Trinajstić information content (AvgIpc) is 2.77. The minimum absolute atomic E-state index is 0.201. The Bertz CT molecular complexity index is 961. The lowest BCUT2D eigenvalue weighted by atomic mass is 9.96. The molecule has 3 heterocycles. The third-order valence-electron chi connectivity index (χ3n) is 4.62. The van der Waals surface area contributed by atoms with E-state index in [1.807, 2.05) is 36.4 Å². The number of rotatable bonds is 5. The molecule has 0 radical (unpaired) electrons. The van der Waals surface area contributed by atoms with E-state index in [-0.39, 0.29) is 11.8 Å². The van der Waals surface area contributed by atoms with E-state index in [1.165, 1.54) is 12.4 Å². The van der Waals surface area contributed by atoms with E-state index < -0.39 is 0 Å². The van der Waals surface area contributed by atoms with Gasteiger partial charge >= 0.3 is 0 Å². The summed E-state index contributed by atoms with van der Waals surface area (Å²) in [4.78, 5) is 25.1. The van der Waals surface area contributed by atoms with E-state index in [0.29, 0.717) is 30.2 Å². The van der Waals surface area contributed by atoms with Gasteiger partial charge in [0.15, 0.2) is 5.82 Å². The molecule has 7 heteroatoms. The highest BCUT2D eigenvalue weighted by Crippen LogP contribution is 2.30. The summed E-state index contributed by atoms with van der Waals surface area (Å²) in [6, 6.07) is 11.3. The zero-order valence-electron chi connectivity index (χ0n) is 15.5. The van der Waals surface area contributed by atoms with Crippen LogP contribution < -0.4 is 14.8 Å². The quantitative estimate of drug-likeness (QED) is 0.736. The summed E-state index contributed by atoms with van der Waals surface area (Å²) in [6.45, 7) is 1.07. The number of methoxy groups -OCH3 is 1. The van der Waals surface area contributed by atoms with Crippen molar-refractivity contribution in [3.63, 3.8) is 0 Å². The van der Waals surface area contributed by atoms with Crippen LogP contribution in [0, 0.1) is 5.92 Å². The molecule has 7 nitrogen and oxygen atoms in total. The fourth-order valence-electron chi connectivity index (χ4n) is 3.09. The maximum atomic E-state index is 12.4. The molecule has 0 aliphatic carbocycles. The van der Waals surface area contributed by atoms with Gasteiger partial charge in [-0.25, -0.2) is 9.97 Å². The molecular weight excluding hydrogens is 356 g/mol. The molecule has 3 aromatic rings. The van der Waals surface area contributed by atoms with E-state index in [0.717, 1.165) is 23.5 Å². The molecule has 1 atom stereocenters. The van der Waals surface area contributed by atoms with E-state index in [4.69, 9.17) is 9.47 Å². The van der Waals surface area contributed by atoms with Crippen molar-refractivity contribution in [2.24, 2.45) is 5.92 Å². The Labute approximate surface area is 162 Å². The normalized spacial score (nSPS) is 15.2. The van der Waals surface area contributed by atoms with Gasteiger partial charge in [-0.2, -0.15) is 0 Å². The van der Waals surface area contributed by atoms with Crippen LogP contribution in [0.4, 0.5) is 0 Å². The zero-order chi connectivity index (χ0) is 19.3. The molecular formula is C21H20N4O3. The number of nitrogens with one attached hydrogen (secondary N) is 1. The van der Waals surface area contributed by atoms with Gasteiger partial charge in [0.2, 0.25) is 0 Å². The molecule has 0 saturated heterocycles. The van der Waals surface area contributed by atoms with Gasteiger partial charge in [-0.05, 0) is 30.2 Å². The molecule has 4 rings (SSSR count). The van der Waals surface area contributed by atoms with E-state index >= 15 is 0 Å². The van der Waals surface area contributed by atoms with Gasteiger partial charge in [0.05, 0.1) is 19.3 Å².